The van der Waals surface area contributed by atoms with Crippen molar-refractivity contribution >= 4 is 11.7 Å². The quantitative estimate of drug-likeness (QED) is 0.853. The molecule has 0 saturated carbocycles. The summed E-state index contributed by atoms with van der Waals surface area (Å²) < 4.78 is 0. The van der Waals surface area contributed by atoms with E-state index in [1.165, 1.54) is 11.1 Å². The Kier molecular flexibility index (Phi) is 4.55. The lowest BCUT2D eigenvalue weighted by Gasteiger charge is -2.29. The predicted molar refractivity (Wildman–Crippen MR) is 70.7 cm³/mol. The van der Waals surface area contributed by atoms with E-state index < -0.39 is 12.0 Å². The number of carbonyl (C=O) groups is 1. The zero-order chi connectivity index (χ0) is 13.0. The predicted octanol–water partition coefficient (Wildman–Crippen LogP) is 2.99. The molecule has 1 aromatic rings. The monoisotopic (exact) mass is 235 g/mol. The van der Waals surface area contributed by atoms with E-state index in [0.29, 0.717) is 0 Å². The number of carboxylic acid groups (broad SMARTS) is 1. The molecule has 0 aliphatic rings. The highest BCUT2D eigenvalue weighted by Gasteiger charge is 2.20. The maximum atomic E-state index is 11.1. The minimum Gasteiger partial charge on any atom is -0.480 e. The number of aliphatic carboxylic acids is 1. The molecule has 0 spiro atoms. The summed E-state index contributed by atoms with van der Waals surface area (Å²) in [4.78, 5) is 13.1. The van der Waals surface area contributed by atoms with Crippen LogP contribution in [0.4, 0.5) is 5.69 Å². The Bertz CT molecular complexity index is 381. The summed E-state index contributed by atoms with van der Waals surface area (Å²) in [6.07, 6.45) is 0.935. The fourth-order valence-corrected chi connectivity index (χ4v) is 2.04. The molecule has 0 aliphatic carbocycles. The largest absolute Gasteiger partial charge is 0.480 e. The highest BCUT2D eigenvalue weighted by atomic mass is 16.4. The van der Waals surface area contributed by atoms with Crippen LogP contribution >= 0.6 is 0 Å². The normalized spacial score (nSPS) is 12.2. The second kappa shape index (κ2) is 5.71. The van der Waals surface area contributed by atoms with Gasteiger partial charge in [0.2, 0.25) is 0 Å². The van der Waals surface area contributed by atoms with Crippen LogP contribution < -0.4 is 4.90 Å². The van der Waals surface area contributed by atoms with Crippen LogP contribution in [0.15, 0.2) is 18.2 Å². The molecule has 0 radical (unpaired) electrons. The summed E-state index contributed by atoms with van der Waals surface area (Å²) in [5.41, 5.74) is 3.33. The number of aryl methyl sites for hydroxylation is 2. The summed E-state index contributed by atoms with van der Waals surface area (Å²) in [6, 6.07) is 5.69. The Morgan fingerprint density at radius 1 is 1.29 bits per heavy atom. The van der Waals surface area contributed by atoms with Crippen LogP contribution in [-0.2, 0) is 4.79 Å². The molecular weight excluding hydrogens is 214 g/mol. The molecule has 3 heteroatoms. The molecule has 0 saturated heterocycles. The fourth-order valence-electron chi connectivity index (χ4n) is 2.04. The van der Waals surface area contributed by atoms with E-state index in [-0.39, 0.29) is 0 Å². The maximum Gasteiger partial charge on any atom is 0.326 e. The fraction of sp³-hybridized carbons (Fsp3) is 0.500. The Labute approximate surface area is 103 Å². The Morgan fingerprint density at radius 2 is 1.82 bits per heavy atom. The highest BCUT2D eigenvalue weighted by molar-refractivity contribution is 5.77. The van der Waals surface area contributed by atoms with E-state index >= 15 is 0 Å². The van der Waals surface area contributed by atoms with Gasteiger partial charge in [-0.05, 0) is 50.5 Å². The van der Waals surface area contributed by atoms with E-state index in [1.807, 2.05) is 30.9 Å². The molecule has 94 valence electrons. The van der Waals surface area contributed by atoms with Gasteiger partial charge in [0, 0.05) is 12.2 Å². The molecule has 0 fully saturated rings. The van der Waals surface area contributed by atoms with E-state index in [2.05, 4.69) is 13.0 Å². The van der Waals surface area contributed by atoms with E-state index in [0.717, 1.165) is 18.7 Å². The molecule has 0 unspecified atom stereocenters. The topological polar surface area (TPSA) is 40.5 Å². The number of anilines is 1. The summed E-state index contributed by atoms with van der Waals surface area (Å²) in [6.45, 7) is 8.62. The van der Waals surface area contributed by atoms with Crippen LogP contribution in [0.3, 0.4) is 0 Å². The van der Waals surface area contributed by atoms with Crippen molar-refractivity contribution in [3.8, 4) is 0 Å². The van der Waals surface area contributed by atoms with E-state index in [1.54, 1.807) is 6.92 Å². The van der Waals surface area contributed by atoms with E-state index in [4.69, 9.17) is 5.11 Å². The van der Waals surface area contributed by atoms with Crippen molar-refractivity contribution in [3.05, 3.63) is 29.3 Å². The summed E-state index contributed by atoms with van der Waals surface area (Å²) >= 11 is 0. The molecule has 0 aliphatic heterocycles. The summed E-state index contributed by atoms with van der Waals surface area (Å²) in [7, 11) is 0. The van der Waals surface area contributed by atoms with Gasteiger partial charge in [-0.15, -0.1) is 0 Å². The Balaban J connectivity index is 3.08. The molecule has 1 atom stereocenters. The first-order valence-corrected chi connectivity index (χ1v) is 6.03. The number of hydrogen-bond donors (Lipinski definition) is 1. The molecule has 0 aromatic heterocycles. The van der Waals surface area contributed by atoms with Crippen molar-refractivity contribution in [2.24, 2.45) is 0 Å². The molecule has 1 rings (SSSR count). The van der Waals surface area contributed by atoms with Crippen LogP contribution in [0.5, 0.6) is 0 Å². The minimum atomic E-state index is -0.780. The van der Waals surface area contributed by atoms with Gasteiger partial charge in [-0.2, -0.15) is 0 Å². The standard InChI is InChI=1S/C14H21NO2/c1-5-6-15(12(4)14(16)17)13-8-10(2)7-11(3)9-13/h7-9,12H,5-6H2,1-4H3,(H,16,17)/t12-/m1/s1. The van der Waals surface area contributed by atoms with Crippen LogP contribution in [0, 0.1) is 13.8 Å². The van der Waals surface area contributed by atoms with Crippen molar-refractivity contribution in [1.29, 1.82) is 0 Å². The van der Waals surface area contributed by atoms with Gasteiger partial charge in [-0.3, -0.25) is 0 Å². The Morgan fingerprint density at radius 3 is 2.24 bits per heavy atom. The van der Waals surface area contributed by atoms with Gasteiger partial charge in [0.1, 0.15) is 6.04 Å². The molecule has 0 heterocycles. The van der Waals surface area contributed by atoms with Crippen molar-refractivity contribution in [2.45, 2.75) is 40.2 Å². The molecule has 17 heavy (non-hydrogen) atoms. The number of hydrogen-bond acceptors (Lipinski definition) is 2. The zero-order valence-electron chi connectivity index (χ0n) is 11.0. The maximum absolute atomic E-state index is 11.1. The molecule has 1 aromatic carbocycles. The lowest BCUT2D eigenvalue weighted by molar-refractivity contribution is -0.138. The molecule has 1 N–H and O–H groups in total. The number of carboxylic acids is 1. The first kappa shape index (κ1) is 13.6. The second-order valence-corrected chi connectivity index (χ2v) is 4.55. The van der Waals surface area contributed by atoms with Crippen LogP contribution in [0.25, 0.3) is 0 Å². The first-order valence-electron chi connectivity index (χ1n) is 6.03. The van der Waals surface area contributed by atoms with Crippen LogP contribution in [0.2, 0.25) is 0 Å². The van der Waals surface area contributed by atoms with Crippen molar-refractivity contribution < 1.29 is 9.90 Å². The average molecular weight is 235 g/mol. The third kappa shape index (κ3) is 3.48. The number of rotatable bonds is 5. The average Bonchev–Trinajstić information content (AvgIpc) is 2.23. The van der Waals surface area contributed by atoms with Gasteiger partial charge in [0.15, 0.2) is 0 Å². The third-order valence-corrected chi connectivity index (χ3v) is 2.83. The smallest absolute Gasteiger partial charge is 0.326 e. The second-order valence-electron chi connectivity index (χ2n) is 4.55. The lowest BCUT2D eigenvalue weighted by atomic mass is 10.1. The van der Waals surface area contributed by atoms with E-state index in [9.17, 15) is 4.79 Å². The highest BCUT2D eigenvalue weighted by Crippen LogP contribution is 2.21. The van der Waals surface area contributed by atoms with Gasteiger partial charge in [-0.1, -0.05) is 13.0 Å². The number of benzene rings is 1. The minimum absolute atomic E-state index is 0.490. The van der Waals surface area contributed by atoms with Gasteiger partial charge in [-0.25, -0.2) is 4.79 Å². The SMILES string of the molecule is CCCN(c1cc(C)cc(C)c1)[C@H](C)C(=O)O. The van der Waals surface area contributed by atoms with Crippen LogP contribution in [0.1, 0.15) is 31.4 Å². The molecule has 0 bridgehead atoms. The van der Waals surface area contributed by atoms with Gasteiger partial charge >= 0.3 is 5.97 Å². The van der Waals surface area contributed by atoms with Gasteiger partial charge in [0.25, 0.3) is 0 Å². The zero-order valence-corrected chi connectivity index (χ0v) is 11.0. The summed E-state index contributed by atoms with van der Waals surface area (Å²) in [5.74, 6) is -0.780. The lowest BCUT2D eigenvalue weighted by Crippen LogP contribution is -2.39. The number of nitrogens with zero attached hydrogens (tertiary/aromatic N) is 1. The molecule has 3 nitrogen and oxygen atoms in total. The summed E-state index contributed by atoms with van der Waals surface area (Å²) in [5, 5.41) is 9.14. The van der Waals surface area contributed by atoms with Gasteiger partial charge in [0.05, 0.1) is 0 Å². The first-order chi connectivity index (χ1) is 7.95. The van der Waals surface area contributed by atoms with Gasteiger partial charge < -0.3 is 10.0 Å². The Hall–Kier alpha value is -1.51. The molecular formula is C14H21NO2. The van der Waals surface area contributed by atoms with Crippen molar-refractivity contribution in [2.75, 3.05) is 11.4 Å². The van der Waals surface area contributed by atoms with Crippen molar-refractivity contribution in [1.82, 2.24) is 0 Å². The van der Waals surface area contributed by atoms with Crippen LogP contribution in [-0.4, -0.2) is 23.7 Å². The molecule has 0 amide bonds. The third-order valence-electron chi connectivity index (χ3n) is 2.83. The van der Waals surface area contributed by atoms with Crippen molar-refractivity contribution in [3.63, 3.8) is 0 Å².